The molecule has 5 nitrogen and oxygen atoms in total. The number of carbonyl (C=O) groups is 1. The van der Waals surface area contributed by atoms with Gasteiger partial charge in [-0.05, 0) is 30.7 Å². The van der Waals surface area contributed by atoms with Crippen LogP contribution in [0.15, 0.2) is 24.3 Å². The monoisotopic (exact) mass is 255 g/mol. The van der Waals surface area contributed by atoms with Gasteiger partial charge in [0.05, 0.1) is 17.1 Å². The molecule has 0 aromatic heterocycles. The molecule has 1 atom stereocenters. The summed E-state index contributed by atoms with van der Waals surface area (Å²) in [5.74, 6) is -0.606. The molecule has 1 fully saturated rings. The van der Waals surface area contributed by atoms with E-state index in [2.05, 4.69) is 5.32 Å². The molecule has 0 aliphatic carbocycles. The fourth-order valence-corrected chi connectivity index (χ4v) is 3.53. The Balaban J connectivity index is 2.03. The van der Waals surface area contributed by atoms with Crippen LogP contribution in [0.25, 0.3) is 0 Å². The Bertz CT molecular complexity index is 521. The number of hydrogen-bond donors (Lipinski definition) is 2. The number of benzene rings is 1. The quantitative estimate of drug-likeness (QED) is 0.841. The summed E-state index contributed by atoms with van der Waals surface area (Å²) in [4.78, 5) is 10.6. The molecule has 0 spiro atoms. The van der Waals surface area contributed by atoms with Crippen LogP contribution in [-0.2, 0) is 9.84 Å². The van der Waals surface area contributed by atoms with E-state index < -0.39 is 15.8 Å². The Labute approximate surface area is 99.4 Å². The van der Waals surface area contributed by atoms with E-state index in [0.717, 1.165) is 5.69 Å². The molecular weight excluding hydrogens is 242 g/mol. The molecule has 0 saturated carbocycles. The van der Waals surface area contributed by atoms with Crippen molar-refractivity contribution < 1.29 is 18.3 Å². The molecule has 2 rings (SSSR count). The molecule has 0 amide bonds. The van der Waals surface area contributed by atoms with Gasteiger partial charge in [-0.3, -0.25) is 0 Å². The summed E-state index contributed by atoms with van der Waals surface area (Å²) in [6.07, 6.45) is 0.600. The number of carboxylic acids is 1. The van der Waals surface area contributed by atoms with Crippen molar-refractivity contribution in [3.63, 3.8) is 0 Å². The molecule has 0 radical (unpaired) electrons. The van der Waals surface area contributed by atoms with Gasteiger partial charge in [0.1, 0.15) is 0 Å². The fraction of sp³-hybridized carbons (Fsp3) is 0.364. The Kier molecular flexibility index (Phi) is 3.06. The lowest BCUT2D eigenvalue weighted by atomic mass is 10.2. The van der Waals surface area contributed by atoms with Crippen LogP contribution in [0, 0.1) is 0 Å². The second-order valence-corrected chi connectivity index (χ2v) is 6.36. The van der Waals surface area contributed by atoms with E-state index in [1.165, 1.54) is 12.1 Å². The molecule has 1 aliphatic rings. The molecule has 17 heavy (non-hydrogen) atoms. The largest absolute Gasteiger partial charge is 0.478 e. The van der Waals surface area contributed by atoms with Crippen LogP contribution in [0.2, 0.25) is 0 Å². The molecule has 1 aromatic carbocycles. The second kappa shape index (κ2) is 4.37. The number of anilines is 1. The first-order valence-electron chi connectivity index (χ1n) is 5.26. The molecule has 1 aromatic rings. The number of nitrogens with one attached hydrogen (secondary N) is 1. The maximum Gasteiger partial charge on any atom is 0.335 e. The highest BCUT2D eigenvalue weighted by molar-refractivity contribution is 7.91. The van der Waals surface area contributed by atoms with Gasteiger partial charge in [-0.1, -0.05) is 0 Å². The lowest BCUT2D eigenvalue weighted by molar-refractivity contribution is 0.0697. The highest BCUT2D eigenvalue weighted by Gasteiger charge is 2.27. The third-order valence-electron chi connectivity index (χ3n) is 2.74. The van der Waals surface area contributed by atoms with Crippen LogP contribution in [-0.4, -0.2) is 37.0 Å². The molecule has 2 N–H and O–H groups in total. The smallest absolute Gasteiger partial charge is 0.335 e. The van der Waals surface area contributed by atoms with Crippen molar-refractivity contribution in [1.29, 1.82) is 0 Å². The van der Waals surface area contributed by atoms with Gasteiger partial charge in [0.2, 0.25) is 0 Å². The van der Waals surface area contributed by atoms with Crippen LogP contribution in [0.3, 0.4) is 0 Å². The third-order valence-corrected chi connectivity index (χ3v) is 4.50. The summed E-state index contributed by atoms with van der Waals surface area (Å²) in [6, 6.07) is 6.21. The van der Waals surface area contributed by atoms with Gasteiger partial charge in [-0.2, -0.15) is 0 Å². The van der Waals surface area contributed by atoms with E-state index in [1.54, 1.807) is 12.1 Å². The van der Waals surface area contributed by atoms with Crippen molar-refractivity contribution in [2.24, 2.45) is 0 Å². The van der Waals surface area contributed by atoms with Gasteiger partial charge in [-0.25, -0.2) is 13.2 Å². The third kappa shape index (κ3) is 2.97. The topological polar surface area (TPSA) is 83.5 Å². The van der Waals surface area contributed by atoms with Crippen molar-refractivity contribution in [1.82, 2.24) is 0 Å². The molecular formula is C11H13NO4S. The van der Waals surface area contributed by atoms with Gasteiger partial charge in [0.15, 0.2) is 9.84 Å². The summed E-state index contributed by atoms with van der Waals surface area (Å²) in [6.45, 7) is 0. The lowest BCUT2D eigenvalue weighted by Crippen LogP contribution is -2.20. The Morgan fingerprint density at radius 2 is 1.94 bits per heavy atom. The van der Waals surface area contributed by atoms with Crippen molar-refractivity contribution >= 4 is 21.5 Å². The van der Waals surface area contributed by atoms with Crippen LogP contribution < -0.4 is 5.32 Å². The molecule has 6 heteroatoms. The average Bonchev–Trinajstić information content (AvgIpc) is 2.59. The molecule has 1 saturated heterocycles. The number of hydrogen-bond acceptors (Lipinski definition) is 4. The Morgan fingerprint density at radius 1 is 1.29 bits per heavy atom. The van der Waals surface area contributed by atoms with E-state index >= 15 is 0 Å². The maximum atomic E-state index is 11.3. The first kappa shape index (κ1) is 11.9. The van der Waals surface area contributed by atoms with Crippen LogP contribution in [0.4, 0.5) is 5.69 Å². The van der Waals surface area contributed by atoms with Crippen molar-refractivity contribution in [3.8, 4) is 0 Å². The minimum atomic E-state index is -2.89. The minimum Gasteiger partial charge on any atom is -0.478 e. The zero-order valence-electron chi connectivity index (χ0n) is 9.09. The first-order chi connectivity index (χ1) is 7.96. The van der Waals surface area contributed by atoms with E-state index in [-0.39, 0.29) is 23.1 Å². The number of aromatic carboxylic acids is 1. The van der Waals surface area contributed by atoms with Crippen molar-refractivity contribution in [3.05, 3.63) is 29.8 Å². The van der Waals surface area contributed by atoms with E-state index in [0.29, 0.717) is 6.42 Å². The van der Waals surface area contributed by atoms with E-state index in [4.69, 9.17) is 5.11 Å². The SMILES string of the molecule is O=C(O)c1ccc(NC2CCS(=O)(=O)C2)cc1. The predicted molar refractivity (Wildman–Crippen MR) is 64.1 cm³/mol. The molecule has 1 unspecified atom stereocenters. The minimum absolute atomic E-state index is 0.0734. The van der Waals surface area contributed by atoms with Gasteiger partial charge in [-0.15, -0.1) is 0 Å². The number of rotatable bonds is 3. The Morgan fingerprint density at radius 3 is 2.41 bits per heavy atom. The van der Waals surface area contributed by atoms with E-state index in [1.807, 2.05) is 0 Å². The predicted octanol–water partition coefficient (Wildman–Crippen LogP) is 0.984. The second-order valence-electron chi connectivity index (χ2n) is 4.13. The normalized spacial score (nSPS) is 22.2. The van der Waals surface area contributed by atoms with Crippen LogP contribution in [0.5, 0.6) is 0 Å². The number of carboxylic acid groups (broad SMARTS) is 1. The highest BCUT2D eigenvalue weighted by atomic mass is 32.2. The summed E-state index contributed by atoms with van der Waals surface area (Å²) in [5, 5.41) is 11.8. The highest BCUT2D eigenvalue weighted by Crippen LogP contribution is 2.17. The first-order valence-corrected chi connectivity index (χ1v) is 7.09. The zero-order valence-corrected chi connectivity index (χ0v) is 9.90. The summed E-state index contributed by atoms with van der Waals surface area (Å²) in [5.41, 5.74) is 0.965. The van der Waals surface area contributed by atoms with Gasteiger partial charge >= 0.3 is 5.97 Å². The molecule has 1 aliphatic heterocycles. The van der Waals surface area contributed by atoms with Crippen LogP contribution >= 0.6 is 0 Å². The van der Waals surface area contributed by atoms with Gasteiger partial charge in [0, 0.05) is 11.7 Å². The maximum absolute atomic E-state index is 11.3. The van der Waals surface area contributed by atoms with Gasteiger partial charge in [0.25, 0.3) is 0 Å². The molecule has 1 heterocycles. The van der Waals surface area contributed by atoms with Crippen molar-refractivity contribution in [2.75, 3.05) is 16.8 Å². The standard InChI is InChI=1S/C11H13NO4S/c13-11(14)8-1-3-9(4-2-8)12-10-5-6-17(15,16)7-10/h1-4,10,12H,5-7H2,(H,13,14). The van der Waals surface area contributed by atoms with E-state index in [9.17, 15) is 13.2 Å². The van der Waals surface area contributed by atoms with Crippen molar-refractivity contribution in [2.45, 2.75) is 12.5 Å². The molecule has 92 valence electrons. The Hall–Kier alpha value is -1.56. The average molecular weight is 255 g/mol. The fourth-order valence-electron chi connectivity index (χ4n) is 1.85. The summed E-state index contributed by atoms with van der Waals surface area (Å²) >= 11 is 0. The zero-order chi connectivity index (χ0) is 12.5. The van der Waals surface area contributed by atoms with Crippen LogP contribution in [0.1, 0.15) is 16.8 Å². The summed E-state index contributed by atoms with van der Waals surface area (Å²) in [7, 11) is -2.89. The van der Waals surface area contributed by atoms with Gasteiger partial charge < -0.3 is 10.4 Å². The number of sulfone groups is 1. The summed E-state index contributed by atoms with van der Waals surface area (Å²) < 4.78 is 22.5. The molecule has 0 bridgehead atoms. The lowest BCUT2D eigenvalue weighted by Gasteiger charge is -2.12.